The van der Waals surface area contributed by atoms with Crippen LogP contribution >= 0.6 is 0 Å². The number of phenolic OH excluding ortho intramolecular Hbond substituents is 1. The van der Waals surface area contributed by atoms with Gasteiger partial charge in [0, 0.05) is 5.39 Å². The van der Waals surface area contributed by atoms with Crippen LogP contribution in [0.25, 0.3) is 10.8 Å². The minimum atomic E-state index is -0.346. The van der Waals surface area contributed by atoms with Crippen molar-refractivity contribution in [1.82, 2.24) is 5.43 Å². The molecule has 5 heteroatoms. The Bertz CT molecular complexity index is 952. The smallest absolute Gasteiger partial charge is 0.277 e. The SMILES string of the molecule is Cc1cc(/C=N/NC(=O)COc2cccc3ccccc23)cc(C)c1O. The average Bonchev–Trinajstić information content (AvgIpc) is 2.64. The van der Waals surface area contributed by atoms with E-state index in [1.165, 1.54) is 6.21 Å². The van der Waals surface area contributed by atoms with Gasteiger partial charge in [-0.3, -0.25) is 4.79 Å². The first kappa shape index (κ1) is 17.5. The van der Waals surface area contributed by atoms with Crippen LogP contribution in [0.4, 0.5) is 0 Å². The second-order valence-electron chi connectivity index (χ2n) is 6.06. The Balaban J connectivity index is 1.59. The van der Waals surface area contributed by atoms with Gasteiger partial charge in [-0.05, 0) is 54.1 Å². The summed E-state index contributed by atoms with van der Waals surface area (Å²) in [6, 6.07) is 17.2. The van der Waals surface area contributed by atoms with Crippen LogP contribution < -0.4 is 10.2 Å². The van der Waals surface area contributed by atoms with Gasteiger partial charge >= 0.3 is 0 Å². The summed E-state index contributed by atoms with van der Waals surface area (Å²) in [6.07, 6.45) is 1.54. The molecule has 26 heavy (non-hydrogen) atoms. The van der Waals surface area contributed by atoms with E-state index in [1.807, 2.05) is 56.3 Å². The molecule has 0 aliphatic rings. The van der Waals surface area contributed by atoms with E-state index in [9.17, 15) is 9.90 Å². The van der Waals surface area contributed by atoms with Crippen molar-refractivity contribution < 1.29 is 14.6 Å². The van der Waals surface area contributed by atoms with Crippen molar-refractivity contribution in [3.63, 3.8) is 0 Å². The largest absolute Gasteiger partial charge is 0.507 e. The molecule has 132 valence electrons. The van der Waals surface area contributed by atoms with Gasteiger partial charge < -0.3 is 9.84 Å². The highest BCUT2D eigenvalue weighted by Crippen LogP contribution is 2.25. The topological polar surface area (TPSA) is 70.9 Å². The van der Waals surface area contributed by atoms with E-state index in [0.29, 0.717) is 5.75 Å². The predicted molar refractivity (Wildman–Crippen MR) is 103 cm³/mol. The summed E-state index contributed by atoms with van der Waals surface area (Å²) in [5.41, 5.74) is 4.77. The van der Waals surface area contributed by atoms with Gasteiger partial charge in [0.15, 0.2) is 6.61 Å². The molecule has 0 saturated carbocycles. The van der Waals surface area contributed by atoms with Crippen LogP contribution in [0.15, 0.2) is 59.7 Å². The number of hydrazone groups is 1. The first-order valence-corrected chi connectivity index (χ1v) is 8.27. The number of aryl methyl sites for hydroxylation is 2. The molecule has 0 atom stereocenters. The van der Waals surface area contributed by atoms with Crippen LogP contribution in [0.2, 0.25) is 0 Å². The summed E-state index contributed by atoms with van der Waals surface area (Å²) < 4.78 is 5.62. The Kier molecular flexibility index (Phi) is 5.17. The highest BCUT2D eigenvalue weighted by molar-refractivity contribution is 5.89. The lowest BCUT2D eigenvalue weighted by atomic mass is 10.1. The fourth-order valence-corrected chi connectivity index (χ4v) is 2.74. The maximum atomic E-state index is 11.9. The van der Waals surface area contributed by atoms with E-state index in [0.717, 1.165) is 27.5 Å². The number of hydrogen-bond donors (Lipinski definition) is 2. The third kappa shape index (κ3) is 4.00. The third-order valence-electron chi connectivity index (χ3n) is 4.02. The first-order valence-electron chi connectivity index (χ1n) is 8.27. The van der Waals surface area contributed by atoms with Crippen LogP contribution in [-0.2, 0) is 4.79 Å². The second-order valence-corrected chi connectivity index (χ2v) is 6.06. The monoisotopic (exact) mass is 348 g/mol. The van der Waals surface area contributed by atoms with Gasteiger partial charge in [0.05, 0.1) is 6.21 Å². The van der Waals surface area contributed by atoms with Crippen LogP contribution in [0, 0.1) is 13.8 Å². The van der Waals surface area contributed by atoms with Gasteiger partial charge in [-0.15, -0.1) is 0 Å². The molecular weight excluding hydrogens is 328 g/mol. The highest BCUT2D eigenvalue weighted by Gasteiger charge is 2.05. The summed E-state index contributed by atoms with van der Waals surface area (Å²) in [5, 5.41) is 15.7. The molecule has 1 amide bonds. The molecular formula is C21H20N2O3. The Hall–Kier alpha value is -3.34. The lowest BCUT2D eigenvalue weighted by molar-refractivity contribution is -0.123. The number of carbonyl (C=O) groups is 1. The Morgan fingerprint density at radius 3 is 2.58 bits per heavy atom. The van der Waals surface area contributed by atoms with Gasteiger partial charge in [0.25, 0.3) is 5.91 Å². The molecule has 3 aromatic rings. The second kappa shape index (κ2) is 7.70. The van der Waals surface area contributed by atoms with Crippen LogP contribution in [0.5, 0.6) is 11.5 Å². The minimum absolute atomic E-state index is 0.126. The van der Waals surface area contributed by atoms with Crippen molar-refractivity contribution in [2.75, 3.05) is 6.61 Å². The van der Waals surface area contributed by atoms with Gasteiger partial charge in [-0.25, -0.2) is 5.43 Å². The minimum Gasteiger partial charge on any atom is -0.507 e. The number of ether oxygens (including phenoxy) is 1. The van der Waals surface area contributed by atoms with E-state index >= 15 is 0 Å². The van der Waals surface area contributed by atoms with Crippen molar-refractivity contribution >= 4 is 22.9 Å². The summed E-state index contributed by atoms with van der Waals surface area (Å²) in [4.78, 5) is 11.9. The molecule has 0 saturated heterocycles. The van der Waals surface area contributed by atoms with Gasteiger partial charge in [-0.2, -0.15) is 5.10 Å². The average molecular weight is 348 g/mol. The number of amides is 1. The van der Waals surface area contributed by atoms with E-state index in [1.54, 1.807) is 12.1 Å². The Morgan fingerprint density at radius 1 is 1.12 bits per heavy atom. The molecule has 0 radical (unpaired) electrons. The Morgan fingerprint density at radius 2 is 1.81 bits per heavy atom. The lowest BCUT2D eigenvalue weighted by Gasteiger charge is -2.08. The van der Waals surface area contributed by atoms with Crippen molar-refractivity contribution in [1.29, 1.82) is 0 Å². The van der Waals surface area contributed by atoms with E-state index in [4.69, 9.17) is 4.74 Å². The maximum absolute atomic E-state index is 11.9. The number of carbonyl (C=O) groups excluding carboxylic acids is 1. The molecule has 0 unspecified atom stereocenters. The van der Waals surface area contributed by atoms with Crippen LogP contribution in [0.3, 0.4) is 0 Å². The molecule has 0 spiro atoms. The van der Waals surface area contributed by atoms with Crippen molar-refractivity contribution in [3.8, 4) is 11.5 Å². The molecule has 0 fully saturated rings. The van der Waals surface area contributed by atoms with Gasteiger partial charge in [-0.1, -0.05) is 36.4 Å². The predicted octanol–water partition coefficient (Wildman–Crippen LogP) is 3.69. The summed E-state index contributed by atoms with van der Waals surface area (Å²) in [6.45, 7) is 3.51. The molecule has 3 rings (SSSR count). The zero-order valence-electron chi connectivity index (χ0n) is 14.7. The van der Waals surface area contributed by atoms with Crippen molar-refractivity contribution in [2.45, 2.75) is 13.8 Å². The normalized spacial score (nSPS) is 11.0. The first-order chi connectivity index (χ1) is 12.5. The fourth-order valence-electron chi connectivity index (χ4n) is 2.74. The molecule has 0 aliphatic heterocycles. The molecule has 5 nitrogen and oxygen atoms in total. The van der Waals surface area contributed by atoms with Crippen LogP contribution in [0.1, 0.15) is 16.7 Å². The van der Waals surface area contributed by atoms with E-state index in [2.05, 4.69) is 10.5 Å². The maximum Gasteiger partial charge on any atom is 0.277 e. The molecule has 2 N–H and O–H groups in total. The fraction of sp³-hybridized carbons (Fsp3) is 0.143. The molecule has 0 bridgehead atoms. The summed E-state index contributed by atoms with van der Waals surface area (Å²) in [7, 11) is 0. The number of hydrogen-bond acceptors (Lipinski definition) is 4. The lowest BCUT2D eigenvalue weighted by Crippen LogP contribution is -2.24. The number of rotatable bonds is 5. The standard InChI is InChI=1S/C21H20N2O3/c1-14-10-16(11-15(2)21(14)25)12-22-23-20(24)13-26-19-9-5-7-17-6-3-4-8-18(17)19/h3-12,25H,13H2,1-2H3,(H,23,24)/b22-12+. The highest BCUT2D eigenvalue weighted by atomic mass is 16.5. The number of nitrogens with zero attached hydrogens (tertiary/aromatic N) is 1. The van der Waals surface area contributed by atoms with E-state index < -0.39 is 0 Å². The molecule has 0 heterocycles. The summed E-state index contributed by atoms with van der Waals surface area (Å²) >= 11 is 0. The van der Waals surface area contributed by atoms with Crippen LogP contribution in [-0.4, -0.2) is 23.8 Å². The van der Waals surface area contributed by atoms with Gasteiger partial charge in [0.1, 0.15) is 11.5 Å². The number of phenols is 1. The molecule has 0 aromatic heterocycles. The summed E-state index contributed by atoms with van der Waals surface area (Å²) in [5.74, 6) is 0.586. The number of aromatic hydroxyl groups is 1. The number of nitrogens with one attached hydrogen (secondary N) is 1. The number of fused-ring (bicyclic) bond motifs is 1. The quantitative estimate of drug-likeness (QED) is 0.546. The zero-order chi connectivity index (χ0) is 18.5. The number of benzene rings is 3. The van der Waals surface area contributed by atoms with Crippen molar-refractivity contribution in [2.24, 2.45) is 5.10 Å². The Labute approximate surface area is 151 Å². The van der Waals surface area contributed by atoms with Gasteiger partial charge in [0.2, 0.25) is 0 Å². The van der Waals surface area contributed by atoms with E-state index in [-0.39, 0.29) is 18.3 Å². The molecule has 3 aromatic carbocycles. The molecule has 0 aliphatic carbocycles. The third-order valence-corrected chi connectivity index (χ3v) is 4.02. The van der Waals surface area contributed by atoms with Crippen molar-refractivity contribution in [3.05, 3.63) is 71.3 Å². The zero-order valence-corrected chi connectivity index (χ0v) is 14.7.